The van der Waals surface area contributed by atoms with Crippen molar-refractivity contribution in [1.82, 2.24) is 4.90 Å². The molecule has 7 heteroatoms. The minimum atomic E-state index is -0.852. The van der Waals surface area contributed by atoms with E-state index < -0.39 is 6.10 Å². The minimum absolute atomic E-state index is 0.0303. The molecule has 4 aliphatic rings. The predicted molar refractivity (Wildman–Crippen MR) is 162 cm³/mol. The van der Waals surface area contributed by atoms with Gasteiger partial charge in [0.25, 0.3) is 0 Å². The van der Waals surface area contributed by atoms with Crippen LogP contribution in [-0.4, -0.2) is 54.8 Å². The molecule has 0 aromatic heterocycles. The van der Waals surface area contributed by atoms with Gasteiger partial charge in [-0.1, -0.05) is 35.9 Å². The largest absolute Gasteiger partial charge is 0.487 e. The average Bonchev–Trinajstić information content (AvgIpc) is 3.42. The van der Waals surface area contributed by atoms with Crippen molar-refractivity contribution in [1.29, 1.82) is 0 Å². The van der Waals surface area contributed by atoms with Crippen molar-refractivity contribution in [2.75, 3.05) is 31.6 Å². The van der Waals surface area contributed by atoms with Crippen molar-refractivity contribution in [3.05, 3.63) is 70.3 Å². The summed E-state index contributed by atoms with van der Waals surface area (Å²) in [6.07, 6.45) is 12.1. The molecule has 5 atom stereocenters. The van der Waals surface area contributed by atoms with Gasteiger partial charge in [0.05, 0.1) is 24.3 Å². The number of amides is 1. The Kier molecular flexibility index (Phi) is 8.90. The van der Waals surface area contributed by atoms with E-state index >= 15 is 0 Å². The molecule has 2 bridgehead atoms. The van der Waals surface area contributed by atoms with Crippen LogP contribution in [0.15, 0.2) is 48.6 Å². The lowest BCUT2D eigenvalue weighted by Crippen LogP contribution is -2.44. The van der Waals surface area contributed by atoms with Gasteiger partial charge in [-0.25, -0.2) is 0 Å². The highest BCUT2D eigenvalue weighted by molar-refractivity contribution is 6.30. The molecule has 1 saturated heterocycles. The molecule has 2 aromatic rings. The van der Waals surface area contributed by atoms with Gasteiger partial charge in [-0.3, -0.25) is 4.79 Å². The summed E-state index contributed by atoms with van der Waals surface area (Å²) >= 11 is 6.35. The molecule has 220 valence electrons. The Morgan fingerprint density at radius 2 is 1.93 bits per heavy atom. The summed E-state index contributed by atoms with van der Waals surface area (Å²) in [6.45, 7) is 3.05. The van der Waals surface area contributed by atoms with Crippen molar-refractivity contribution in [2.45, 2.75) is 82.6 Å². The van der Waals surface area contributed by atoms with Crippen LogP contribution < -0.4 is 9.64 Å². The highest BCUT2D eigenvalue weighted by Crippen LogP contribution is 2.42. The Morgan fingerprint density at radius 3 is 2.76 bits per heavy atom. The zero-order valence-corrected chi connectivity index (χ0v) is 24.9. The zero-order chi connectivity index (χ0) is 28.3. The standard InChI is InChI=1S/C34H43ClN2O4/c1-40-32-9-4-7-28-8-5-17-37(28)34(39)20-31(38)24-12-15-33-30(19-24)36(21-25-11-14-29(25)32)16-3-2-6-23-18-27(35)13-10-26(23)22-41-33/h4,9-10,12-13,15,18-19,25,28-29,31-32,38H,2-3,5-8,11,14,16-17,20-22H2,1H3/b9-4+/t25-,28+,29+,31-,32-/m0/s1. The number of carbonyl (C=O) groups is 1. The second-order valence-corrected chi connectivity index (χ2v) is 12.7. The molecule has 1 aliphatic carbocycles. The maximum Gasteiger partial charge on any atom is 0.225 e. The van der Waals surface area contributed by atoms with Gasteiger partial charge in [0, 0.05) is 37.8 Å². The third-order valence-electron chi connectivity index (χ3n) is 9.81. The van der Waals surface area contributed by atoms with Crippen LogP contribution in [0.3, 0.4) is 0 Å². The summed E-state index contributed by atoms with van der Waals surface area (Å²) in [5.41, 5.74) is 4.19. The number of anilines is 1. The molecule has 0 radical (unpaired) electrons. The molecule has 2 aromatic carbocycles. The number of aliphatic hydroxyl groups is 1. The lowest BCUT2D eigenvalue weighted by molar-refractivity contribution is -0.134. The number of methoxy groups -OCH3 is 1. The van der Waals surface area contributed by atoms with E-state index in [-0.39, 0.29) is 24.5 Å². The second-order valence-electron chi connectivity index (χ2n) is 12.3. The molecule has 1 N–H and O–H groups in total. The van der Waals surface area contributed by atoms with E-state index in [1.54, 1.807) is 0 Å². The molecule has 1 amide bonds. The number of aryl methyl sites for hydroxylation is 1. The summed E-state index contributed by atoms with van der Waals surface area (Å²) in [6, 6.07) is 12.3. The lowest BCUT2D eigenvalue weighted by atomic mass is 9.70. The first-order valence-electron chi connectivity index (χ1n) is 15.5. The van der Waals surface area contributed by atoms with E-state index in [1.165, 1.54) is 12.0 Å². The van der Waals surface area contributed by atoms with Crippen LogP contribution in [0.2, 0.25) is 5.02 Å². The van der Waals surface area contributed by atoms with Gasteiger partial charge >= 0.3 is 0 Å². The van der Waals surface area contributed by atoms with Gasteiger partial charge in [-0.05, 0) is 104 Å². The van der Waals surface area contributed by atoms with Gasteiger partial charge in [0.1, 0.15) is 12.4 Å². The number of carbonyl (C=O) groups excluding carboxylic acids is 1. The maximum atomic E-state index is 13.4. The molecule has 0 unspecified atom stereocenters. The van der Waals surface area contributed by atoms with Crippen molar-refractivity contribution in [2.24, 2.45) is 11.8 Å². The highest BCUT2D eigenvalue weighted by Gasteiger charge is 2.38. The Morgan fingerprint density at radius 1 is 1.02 bits per heavy atom. The first kappa shape index (κ1) is 28.6. The number of fused-ring (bicyclic) bond motifs is 4. The fraction of sp³-hybridized carbons (Fsp3) is 0.559. The Labute approximate surface area is 249 Å². The molecule has 6 rings (SSSR count). The Hall–Kier alpha value is -2.54. The fourth-order valence-corrected chi connectivity index (χ4v) is 7.47. The normalized spacial score (nSPS) is 29.7. The van der Waals surface area contributed by atoms with Crippen LogP contribution in [0.1, 0.15) is 74.2 Å². The predicted octanol–water partition coefficient (Wildman–Crippen LogP) is 6.48. The van der Waals surface area contributed by atoms with Crippen LogP contribution in [-0.2, 0) is 22.6 Å². The summed E-state index contributed by atoms with van der Waals surface area (Å²) in [5.74, 6) is 1.83. The number of aliphatic hydroxyl groups excluding tert-OH is 1. The zero-order valence-electron chi connectivity index (χ0n) is 24.1. The Balaban J connectivity index is 1.36. The molecule has 1 saturated carbocycles. The van der Waals surface area contributed by atoms with E-state index in [4.69, 9.17) is 21.1 Å². The van der Waals surface area contributed by atoms with Crippen molar-refractivity contribution < 1.29 is 19.4 Å². The van der Waals surface area contributed by atoms with Crippen molar-refractivity contribution >= 4 is 23.2 Å². The number of rotatable bonds is 1. The fourth-order valence-electron chi connectivity index (χ4n) is 7.28. The van der Waals surface area contributed by atoms with Crippen LogP contribution in [0.5, 0.6) is 5.75 Å². The molecule has 2 fully saturated rings. The Bertz CT molecular complexity index is 1270. The van der Waals surface area contributed by atoms with Crippen LogP contribution >= 0.6 is 11.6 Å². The monoisotopic (exact) mass is 578 g/mol. The molecule has 0 spiro atoms. The second kappa shape index (κ2) is 12.8. The minimum Gasteiger partial charge on any atom is -0.487 e. The maximum absolute atomic E-state index is 13.4. The molecular formula is C34H43ClN2O4. The molecule has 3 aliphatic heterocycles. The molecular weight excluding hydrogens is 536 g/mol. The quantitative estimate of drug-likeness (QED) is 0.393. The topological polar surface area (TPSA) is 62.2 Å². The van der Waals surface area contributed by atoms with E-state index in [9.17, 15) is 9.90 Å². The SMILES string of the molecule is CO[C@H]1/C=C/C[C@@H]2CCCN2C(=O)C[C@H](O)c2ccc3c(c2)N(CCCCc2cc(Cl)ccc2CO3)C[C@@H]2CC[C@H]21. The smallest absolute Gasteiger partial charge is 0.225 e. The molecule has 3 heterocycles. The number of hydrogen-bond donors (Lipinski definition) is 1. The first-order chi connectivity index (χ1) is 20.0. The number of halogens is 1. The van der Waals surface area contributed by atoms with E-state index in [2.05, 4.69) is 35.3 Å². The van der Waals surface area contributed by atoms with Gasteiger partial charge in [-0.2, -0.15) is 0 Å². The lowest BCUT2D eigenvalue weighted by Gasteiger charge is -2.43. The van der Waals surface area contributed by atoms with Crippen LogP contribution in [0.25, 0.3) is 0 Å². The third-order valence-corrected chi connectivity index (χ3v) is 10.0. The summed E-state index contributed by atoms with van der Waals surface area (Å²) in [7, 11) is 1.82. The summed E-state index contributed by atoms with van der Waals surface area (Å²) in [4.78, 5) is 17.8. The van der Waals surface area contributed by atoms with Gasteiger partial charge < -0.3 is 24.4 Å². The molecule has 41 heavy (non-hydrogen) atoms. The first-order valence-corrected chi connectivity index (χ1v) is 15.8. The van der Waals surface area contributed by atoms with E-state index in [0.29, 0.717) is 18.4 Å². The van der Waals surface area contributed by atoms with E-state index in [1.807, 2.05) is 30.2 Å². The van der Waals surface area contributed by atoms with Crippen LogP contribution in [0.4, 0.5) is 5.69 Å². The van der Waals surface area contributed by atoms with Crippen molar-refractivity contribution in [3.8, 4) is 5.75 Å². The van der Waals surface area contributed by atoms with Crippen LogP contribution in [0, 0.1) is 11.8 Å². The summed E-state index contributed by atoms with van der Waals surface area (Å²) in [5, 5.41) is 12.1. The van der Waals surface area contributed by atoms with E-state index in [0.717, 1.165) is 92.2 Å². The van der Waals surface area contributed by atoms with Gasteiger partial charge in [0.15, 0.2) is 0 Å². The van der Waals surface area contributed by atoms with Gasteiger partial charge in [0.2, 0.25) is 5.91 Å². The number of ether oxygens (including phenoxy) is 2. The average molecular weight is 579 g/mol. The highest BCUT2D eigenvalue weighted by atomic mass is 35.5. The van der Waals surface area contributed by atoms with Crippen molar-refractivity contribution in [3.63, 3.8) is 0 Å². The number of hydrogen-bond acceptors (Lipinski definition) is 5. The molecule has 6 nitrogen and oxygen atoms in total. The third kappa shape index (κ3) is 6.30. The summed E-state index contributed by atoms with van der Waals surface area (Å²) < 4.78 is 12.5. The van der Waals surface area contributed by atoms with Gasteiger partial charge in [-0.15, -0.1) is 0 Å². The number of nitrogens with zero attached hydrogens (tertiary/aromatic N) is 2. The number of benzene rings is 2.